The molecule has 0 amide bonds. The van der Waals surface area contributed by atoms with Gasteiger partial charge in [0.2, 0.25) is 5.78 Å². The van der Waals surface area contributed by atoms with Gasteiger partial charge in [-0.3, -0.25) is 14.9 Å². The van der Waals surface area contributed by atoms with E-state index in [2.05, 4.69) is 0 Å². The lowest BCUT2D eigenvalue weighted by atomic mass is 10.1. The molecule has 0 fully saturated rings. The number of hydrogen-bond donors (Lipinski definition) is 0. The van der Waals surface area contributed by atoms with E-state index >= 15 is 0 Å². The predicted octanol–water partition coefficient (Wildman–Crippen LogP) is 1.57. The number of Topliss-reactive ketones (excluding diaryl/α,β-unsaturated/α-hetero) is 1. The minimum Gasteiger partial charge on any atom is -0.287 e. The number of ketones is 1. The molecule has 70 valence electrons. The zero-order valence-electron chi connectivity index (χ0n) is 6.67. The highest BCUT2D eigenvalue weighted by molar-refractivity contribution is 5.96. The Bertz CT molecular complexity index is 300. The fourth-order valence-corrected chi connectivity index (χ4v) is 0.833. The third-order valence-corrected chi connectivity index (χ3v) is 1.37. The molecule has 0 aliphatic rings. The first-order chi connectivity index (χ1) is 5.70. The normalized spacial score (nSPS) is 8.62. The van der Waals surface area contributed by atoms with Gasteiger partial charge in [0.1, 0.15) is 0 Å². The van der Waals surface area contributed by atoms with E-state index in [-0.39, 0.29) is 12.4 Å². The number of nitrogens with zero attached hydrogens (tertiary/aromatic N) is 1. The van der Waals surface area contributed by atoms with Crippen LogP contribution in [-0.4, -0.2) is 17.3 Å². The Morgan fingerprint density at radius 1 is 1.31 bits per heavy atom. The molecule has 5 heteroatoms. The summed E-state index contributed by atoms with van der Waals surface area (Å²) in [6.07, 6.45) is 0. The van der Waals surface area contributed by atoms with Gasteiger partial charge >= 0.3 is 0 Å². The fraction of sp³-hybridized carbons (Fsp3) is 0.125. The van der Waals surface area contributed by atoms with E-state index in [1.54, 1.807) is 30.3 Å². The Hall–Kier alpha value is -1.42. The third-order valence-electron chi connectivity index (χ3n) is 1.37. The van der Waals surface area contributed by atoms with Crippen LogP contribution in [0.4, 0.5) is 0 Å². The van der Waals surface area contributed by atoms with Crippen molar-refractivity contribution in [3.63, 3.8) is 0 Å². The molecule has 4 nitrogen and oxygen atoms in total. The lowest BCUT2D eigenvalue weighted by Gasteiger charge is -1.93. The maximum absolute atomic E-state index is 11.0. The molecule has 0 saturated heterocycles. The quantitative estimate of drug-likeness (QED) is 0.424. The lowest BCUT2D eigenvalue weighted by Crippen LogP contribution is -2.13. The smallest absolute Gasteiger partial charge is 0.265 e. The van der Waals surface area contributed by atoms with Crippen LogP contribution in [0.2, 0.25) is 0 Å². The van der Waals surface area contributed by atoms with E-state index in [0.717, 1.165) is 0 Å². The van der Waals surface area contributed by atoms with Gasteiger partial charge in [0.05, 0.1) is 0 Å². The summed E-state index contributed by atoms with van der Waals surface area (Å²) >= 11 is 0. The molecule has 0 saturated carbocycles. The first kappa shape index (κ1) is 11.6. The molecule has 0 spiro atoms. The van der Waals surface area contributed by atoms with Gasteiger partial charge in [0, 0.05) is 10.5 Å². The molecule has 0 atom stereocenters. The van der Waals surface area contributed by atoms with Crippen LogP contribution in [0, 0.1) is 10.1 Å². The largest absolute Gasteiger partial charge is 0.287 e. The predicted molar refractivity (Wildman–Crippen MR) is 49.9 cm³/mol. The zero-order chi connectivity index (χ0) is 8.97. The van der Waals surface area contributed by atoms with Crippen LogP contribution in [0.25, 0.3) is 0 Å². The summed E-state index contributed by atoms with van der Waals surface area (Å²) in [6, 6.07) is 8.22. The van der Waals surface area contributed by atoms with Gasteiger partial charge in [-0.2, -0.15) is 0 Å². The van der Waals surface area contributed by atoms with Crippen molar-refractivity contribution in [3.8, 4) is 0 Å². The van der Waals surface area contributed by atoms with Gasteiger partial charge in [-0.05, 0) is 0 Å². The van der Waals surface area contributed by atoms with Crippen LogP contribution in [0.5, 0.6) is 0 Å². The van der Waals surface area contributed by atoms with Crippen LogP contribution in [0.15, 0.2) is 30.3 Å². The monoisotopic (exact) mass is 201 g/mol. The molecule has 0 aliphatic heterocycles. The average Bonchev–Trinajstić information content (AvgIpc) is 2.05. The standard InChI is InChI=1S/C8H7NO3.ClH/c10-8(6-9(11)12)7-4-2-1-3-5-7;/h1-5H,6H2;1H. The summed E-state index contributed by atoms with van der Waals surface area (Å²) in [7, 11) is 0. The molecule has 0 aliphatic carbocycles. The van der Waals surface area contributed by atoms with Crippen molar-refractivity contribution >= 4 is 18.2 Å². The molecule has 0 aromatic heterocycles. The second kappa shape index (κ2) is 5.27. The number of nitro groups is 1. The third kappa shape index (κ3) is 3.66. The number of benzene rings is 1. The molecule has 0 bridgehead atoms. The van der Waals surface area contributed by atoms with E-state index in [1.807, 2.05) is 0 Å². The summed E-state index contributed by atoms with van der Waals surface area (Å²) in [5, 5.41) is 9.97. The Kier molecular flexibility index (Phi) is 4.69. The van der Waals surface area contributed by atoms with Crippen molar-refractivity contribution in [2.45, 2.75) is 0 Å². The SMILES string of the molecule is Cl.O=C(C[N+](=O)[O-])c1ccccc1. The summed E-state index contributed by atoms with van der Waals surface area (Å²) in [5.74, 6) is -0.458. The van der Waals surface area contributed by atoms with Crippen molar-refractivity contribution < 1.29 is 9.72 Å². The van der Waals surface area contributed by atoms with Crippen molar-refractivity contribution in [1.82, 2.24) is 0 Å². The van der Waals surface area contributed by atoms with Gasteiger partial charge in [0.15, 0.2) is 0 Å². The number of halogens is 1. The fourth-order valence-electron chi connectivity index (χ4n) is 0.833. The van der Waals surface area contributed by atoms with Crippen molar-refractivity contribution in [2.75, 3.05) is 6.54 Å². The first-order valence-electron chi connectivity index (χ1n) is 3.40. The molecule has 1 rings (SSSR count). The molecular formula is C8H8ClNO3. The second-order valence-corrected chi connectivity index (χ2v) is 2.28. The van der Waals surface area contributed by atoms with Crippen molar-refractivity contribution in [1.29, 1.82) is 0 Å². The van der Waals surface area contributed by atoms with Gasteiger partial charge < -0.3 is 0 Å². The second-order valence-electron chi connectivity index (χ2n) is 2.28. The topological polar surface area (TPSA) is 60.2 Å². The van der Waals surface area contributed by atoms with E-state index < -0.39 is 17.3 Å². The summed E-state index contributed by atoms with van der Waals surface area (Å²) in [6.45, 7) is -0.635. The van der Waals surface area contributed by atoms with Crippen molar-refractivity contribution in [3.05, 3.63) is 46.0 Å². The lowest BCUT2D eigenvalue weighted by molar-refractivity contribution is -0.465. The molecule has 0 radical (unpaired) electrons. The van der Waals surface area contributed by atoms with E-state index in [4.69, 9.17) is 0 Å². The maximum Gasteiger partial charge on any atom is 0.265 e. The average molecular weight is 202 g/mol. The highest BCUT2D eigenvalue weighted by atomic mass is 35.5. The van der Waals surface area contributed by atoms with Crippen LogP contribution >= 0.6 is 12.4 Å². The number of carbonyl (C=O) groups is 1. The highest BCUT2D eigenvalue weighted by Crippen LogP contribution is 1.99. The number of carbonyl (C=O) groups excluding carboxylic acids is 1. The minimum absolute atomic E-state index is 0. The molecule has 0 unspecified atom stereocenters. The van der Waals surface area contributed by atoms with Gasteiger partial charge in [-0.25, -0.2) is 0 Å². The van der Waals surface area contributed by atoms with Gasteiger partial charge in [-0.1, -0.05) is 30.3 Å². The van der Waals surface area contributed by atoms with Crippen LogP contribution in [0.3, 0.4) is 0 Å². The Morgan fingerprint density at radius 2 is 1.85 bits per heavy atom. The first-order valence-corrected chi connectivity index (χ1v) is 3.40. The highest BCUT2D eigenvalue weighted by Gasteiger charge is 2.10. The summed E-state index contributed by atoms with van der Waals surface area (Å²) in [5.41, 5.74) is 0.384. The van der Waals surface area contributed by atoms with Gasteiger partial charge in [-0.15, -0.1) is 12.4 Å². The molecule has 1 aromatic carbocycles. The zero-order valence-corrected chi connectivity index (χ0v) is 7.49. The molecule has 1 aromatic rings. The Balaban J connectivity index is 0.00000144. The molecular weight excluding hydrogens is 194 g/mol. The maximum atomic E-state index is 11.0. The summed E-state index contributed by atoms with van der Waals surface area (Å²) < 4.78 is 0. The summed E-state index contributed by atoms with van der Waals surface area (Å²) in [4.78, 5) is 20.4. The van der Waals surface area contributed by atoms with Crippen LogP contribution in [0.1, 0.15) is 10.4 Å². The van der Waals surface area contributed by atoms with Crippen LogP contribution < -0.4 is 0 Å². The molecule has 0 heterocycles. The number of hydrogen-bond acceptors (Lipinski definition) is 3. The van der Waals surface area contributed by atoms with E-state index in [9.17, 15) is 14.9 Å². The van der Waals surface area contributed by atoms with Gasteiger partial charge in [0.25, 0.3) is 6.54 Å². The number of rotatable bonds is 3. The Morgan fingerprint density at radius 3 is 2.31 bits per heavy atom. The minimum atomic E-state index is -0.635. The van der Waals surface area contributed by atoms with Crippen molar-refractivity contribution in [2.24, 2.45) is 0 Å². The van der Waals surface area contributed by atoms with E-state index in [1.165, 1.54) is 0 Å². The van der Waals surface area contributed by atoms with E-state index in [0.29, 0.717) is 5.56 Å². The Labute approximate surface area is 81.1 Å². The molecule has 0 N–H and O–H groups in total. The van der Waals surface area contributed by atoms with Crippen LogP contribution in [-0.2, 0) is 0 Å². The molecule has 13 heavy (non-hydrogen) atoms.